The Kier molecular flexibility index (Phi) is 4.60. The van der Waals surface area contributed by atoms with Crippen LogP contribution in [0.2, 0.25) is 0 Å². The minimum Gasteiger partial charge on any atom is -0.349 e. The van der Waals surface area contributed by atoms with Gasteiger partial charge in [-0.05, 0) is 31.2 Å². The highest BCUT2D eigenvalue weighted by molar-refractivity contribution is 5.78. The minimum atomic E-state index is 0.0206. The van der Waals surface area contributed by atoms with Crippen molar-refractivity contribution in [3.05, 3.63) is 17.5 Å². The second-order valence-corrected chi connectivity index (χ2v) is 7.99. The molecule has 2 bridgehead atoms. The van der Waals surface area contributed by atoms with Gasteiger partial charge in [-0.15, -0.1) is 0 Å². The molecule has 0 radical (unpaired) electrons. The van der Waals surface area contributed by atoms with Crippen molar-refractivity contribution in [2.24, 2.45) is 5.92 Å². The van der Waals surface area contributed by atoms with Crippen molar-refractivity contribution in [3.63, 3.8) is 0 Å². The van der Waals surface area contributed by atoms with Crippen LogP contribution in [-0.4, -0.2) is 76.2 Å². The second-order valence-electron chi connectivity index (χ2n) is 7.99. The molecule has 2 fully saturated rings. The summed E-state index contributed by atoms with van der Waals surface area (Å²) in [5, 5.41) is 7.57. The molecule has 1 saturated carbocycles. The van der Waals surface area contributed by atoms with E-state index in [0.717, 1.165) is 23.9 Å². The number of rotatable bonds is 4. The van der Waals surface area contributed by atoms with Crippen molar-refractivity contribution in [3.8, 4) is 0 Å². The van der Waals surface area contributed by atoms with Crippen LogP contribution in [0.15, 0.2) is 6.07 Å². The zero-order chi connectivity index (χ0) is 18.3. The van der Waals surface area contributed by atoms with E-state index in [4.69, 9.17) is 0 Å². The fourth-order valence-electron chi connectivity index (χ4n) is 4.51. The summed E-state index contributed by atoms with van der Waals surface area (Å²) in [6, 6.07) is 2.63. The summed E-state index contributed by atoms with van der Waals surface area (Å²) in [6.45, 7) is 3.94. The van der Waals surface area contributed by atoms with Crippen molar-refractivity contribution in [2.45, 2.75) is 44.9 Å². The van der Waals surface area contributed by atoms with Crippen LogP contribution in [0.4, 0.5) is 4.79 Å². The third-order valence-corrected chi connectivity index (χ3v) is 5.84. The standard InChI is InChI=1S/C18H28N6O2/c1-21(2)18(26)22-5-6-24-16(11-22)8-14(20-24)9-19-17(25)12-23-10-13-3-4-15(23)7-13/h8,13,15H,3-7,9-12H2,1-2H3,(H,19,25)/t13-,15+/m0/s1. The maximum atomic E-state index is 12.3. The van der Waals surface area contributed by atoms with E-state index >= 15 is 0 Å². The molecule has 1 N–H and O–H groups in total. The fourth-order valence-corrected chi connectivity index (χ4v) is 4.51. The number of hydrogen-bond acceptors (Lipinski definition) is 4. The molecule has 1 aliphatic carbocycles. The van der Waals surface area contributed by atoms with Gasteiger partial charge in [-0.1, -0.05) is 0 Å². The summed E-state index contributed by atoms with van der Waals surface area (Å²) in [4.78, 5) is 30.1. The van der Waals surface area contributed by atoms with Gasteiger partial charge >= 0.3 is 6.03 Å². The van der Waals surface area contributed by atoms with E-state index in [9.17, 15) is 9.59 Å². The van der Waals surface area contributed by atoms with Gasteiger partial charge < -0.3 is 15.1 Å². The topological polar surface area (TPSA) is 73.7 Å². The number of nitrogens with zero attached hydrogens (tertiary/aromatic N) is 5. The highest BCUT2D eigenvalue weighted by Gasteiger charge is 2.38. The molecule has 3 amide bonds. The Bertz CT molecular complexity index is 700. The van der Waals surface area contributed by atoms with Crippen LogP contribution >= 0.6 is 0 Å². The Balaban J connectivity index is 1.28. The van der Waals surface area contributed by atoms with Crippen LogP contribution in [0.5, 0.6) is 0 Å². The number of nitrogens with one attached hydrogen (secondary N) is 1. The van der Waals surface area contributed by atoms with Gasteiger partial charge in [0.15, 0.2) is 0 Å². The molecule has 1 aromatic heterocycles. The minimum absolute atomic E-state index is 0.0206. The number of amides is 3. The third kappa shape index (κ3) is 3.42. The Labute approximate surface area is 154 Å². The van der Waals surface area contributed by atoms with Crippen LogP contribution in [0.3, 0.4) is 0 Å². The molecule has 0 spiro atoms. The van der Waals surface area contributed by atoms with E-state index in [1.165, 1.54) is 19.3 Å². The SMILES string of the molecule is CN(C)C(=O)N1CCn2nc(CNC(=O)CN3C[C@H]4CC[C@@H]3C4)cc2C1. The van der Waals surface area contributed by atoms with Gasteiger partial charge in [0.1, 0.15) is 0 Å². The van der Waals surface area contributed by atoms with E-state index in [2.05, 4.69) is 15.3 Å². The lowest BCUT2D eigenvalue weighted by Crippen LogP contribution is -2.43. The number of fused-ring (bicyclic) bond motifs is 3. The predicted molar refractivity (Wildman–Crippen MR) is 96.3 cm³/mol. The van der Waals surface area contributed by atoms with Gasteiger partial charge in [-0.25, -0.2) is 4.79 Å². The molecule has 142 valence electrons. The summed E-state index contributed by atoms with van der Waals surface area (Å²) in [5.74, 6) is 0.883. The molecular weight excluding hydrogens is 332 g/mol. The summed E-state index contributed by atoms with van der Waals surface area (Å²) < 4.78 is 1.94. The third-order valence-electron chi connectivity index (χ3n) is 5.84. The molecule has 3 aliphatic rings. The zero-order valence-electron chi connectivity index (χ0n) is 15.6. The first kappa shape index (κ1) is 17.3. The first-order valence-corrected chi connectivity index (χ1v) is 9.52. The lowest BCUT2D eigenvalue weighted by Gasteiger charge is -2.29. The first-order valence-electron chi connectivity index (χ1n) is 9.52. The van der Waals surface area contributed by atoms with Crippen molar-refractivity contribution < 1.29 is 9.59 Å². The van der Waals surface area contributed by atoms with Crippen molar-refractivity contribution in [2.75, 3.05) is 33.7 Å². The summed E-state index contributed by atoms with van der Waals surface area (Å²) in [6.07, 6.45) is 3.84. The van der Waals surface area contributed by atoms with Gasteiger partial charge in [0.05, 0.1) is 37.6 Å². The monoisotopic (exact) mass is 360 g/mol. The normalized spacial score (nSPS) is 24.6. The molecule has 0 aromatic carbocycles. The summed E-state index contributed by atoms with van der Waals surface area (Å²) in [5.41, 5.74) is 1.88. The lowest BCUT2D eigenvalue weighted by molar-refractivity contribution is -0.122. The Morgan fingerprint density at radius 1 is 1.31 bits per heavy atom. The average Bonchev–Trinajstić information content (AvgIpc) is 3.33. The maximum Gasteiger partial charge on any atom is 0.319 e. The summed E-state index contributed by atoms with van der Waals surface area (Å²) in [7, 11) is 3.53. The van der Waals surface area contributed by atoms with Crippen LogP contribution in [0, 0.1) is 5.92 Å². The van der Waals surface area contributed by atoms with Gasteiger partial charge in [0.25, 0.3) is 0 Å². The molecule has 3 heterocycles. The number of carbonyl (C=O) groups is 2. The number of piperidine rings is 1. The predicted octanol–water partition coefficient (Wildman–Crippen LogP) is 0.481. The number of aromatic nitrogens is 2. The first-order chi connectivity index (χ1) is 12.5. The molecule has 8 heteroatoms. The number of likely N-dealkylation sites (tertiary alicyclic amines) is 1. The highest BCUT2D eigenvalue weighted by Crippen LogP contribution is 2.36. The van der Waals surface area contributed by atoms with Gasteiger partial charge in [0, 0.05) is 33.2 Å². The van der Waals surface area contributed by atoms with Gasteiger partial charge in [-0.2, -0.15) is 5.10 Å². The van der Waals surface area contributed by atoms with E-state index in [1.807, 2.05) is 15.6 Å². The molecule has 4 rings (SSSR count). The molecule has 26 heavy (non-hydrogen) atoms. The van der Waals surface area contributed by atoms with Crippen LogP contribution in [-0.2, 0) is 24.4 Å². The van der Waals surface area contributed by atoms with Crippen LogP contribution in [0.25, 0.3) is 0 Å². The lowest BCUT2D eigenvalue weighted by atomic mass is 10.1. The van der Waals surface area contributed by atoms with Crippen molar-refractivity contribution in [1.82, 2.24) is 29.8 Å². The van der Waals surface area contributed by atoms with E-state index in [1.54, 1.807) is 19.0 Å². The Hall–Kier alpha value is -2.09. The second kappa shape index (κ2) is 6.90. The Morgan fingerprint density at radius 3 is 2.85 bits per heavy atom. The number of hydrogen-bond donors (Lipinski definition) is 1. The molecule has 1 aromatic rings. The average molecular weight is 360 g/mol. The molecule has 1 saturated heterocycles. The fraction of sp³-hybridized carbons (Fsp3) is 0.722. The Morgan fingerprint density at radius 2 is 2.15 bits per heavy atom. The maximum absolute atomic E-state index is 12.3. The smallest absolute Gasteiger partial charge is 0.319 e. The number of urea groups is 1. The highest BCUT2D eigenvalue weighted by atomic mass is 16.2. The van der Waals surface area contributed by atoms with Crippen LogP contribution in [0.1, 0.15) is 30.7 Å². The van der Waals surface area contributed by atoms with E-state index in [-0.39, 0.29) is 11.9 Å². The van der Waals surface area contributed by atoms with Gasteiger partial charge in [0.2, 0.25) is 5.91 Å². The largest absolute Gasteiger partial charge is 0.349 e. The van der Waals surface area contributed by atoms with E-state index < -0.39 is 0 Å². The van der Waals surface area contributed by atoms with Gasteiger partial charge in [-0.3, -0.25) is 14.4 Å². The van der Waals surface area contributed by atoms with Crippen molar-refractivity contribution in [1.29, 1.82) is 0 Å². The molecule has 2 aliphatic heterocycles. The van der Waals surface area contributed by atoms with Crippen molar-refractivity contribution >= 4 is 11.9 Å². The number of carbonyl (C=O) groups excluding carboxylic acids is 2. The summed E-state index contributed by atoms with van der Waals surface area (Å²) >= 11 is 0. The van der Waals surface area contributed by atoms with Crippen LogP contribution < -0.4 is 5.32 Å². The molecular formula is C18H28N6O2. The quantitative estimate of drug-likeness (QED) is 0.848. The zero-order valence-corrected chi connectivity index (χ0v) is 15.6. The molecule has 8 nitrogen and oxygen atoms in total. The molecule has 0 unspecified atom stereocenters. The molecule has 2 atom stereocenters. The van der Waals surface area contributed by atoms with E-state index in [0.29, 0.717) is 38.8 Å².